The number of halogens is 3. The van der Waals surface area contributed by atoms with Gasteiger partial charge in [-0.05, 0) is 49.3 Å². The van der Waals surface area contributed by atoms with Crippen LogP contribution in [0.25, 0.3) is 11.1 Å². The number of carbonyl (C=O) groups is 3. The lowest BCUT2D eigenvalue weighted by Gasteiger charge is -2.30. The van der Waals surface area contributed by atoms with Gasteiger partial charge < -0.3 is 24.4 Å². The van der Waals surface area contributed by atoms with Crippen LogP contribution in [-0.4, -0.2) is 77.4 Å². The molecule has 0 aliphatic heterocycles. The second kappa shape index (κ2) is 14.3. The van der Waals surface area contributed by atoms with Crippen LogP contribution in [0.2, 0.25) is 6.32 Å². The number of nitrogens with zero attached hydrogens (tertiary/aromatic N) is 1. The number of fused-ring (bicyclic) bond motifs is 3. The third kappa shape index (κ3) is 9.89. The summed E-state index contributed by atoms with van der Waals surface area (Å²) in [6, 6.07) is 15.6. The predicted octanol–water partition coefficient (Wildman–Crippen LogP) is 4.97. The Morgan fingerprint density at radius 3 is 2.08 bits per heavy atom. The first-order chi connectivity index (χ1) is 18.8. The first kappa shape index (κ1) is 32.6. The monoisotopic (exact) mass is 742 g/mol. The number of ether oxygens (including phenoxy) is 3. The Labute approximate surface area is 261 Å². The minimum Gasteiger partial charge on any atom is -0.461 e. The molecule has 0 bridgehead atoms. The molecule has 0 heterocycles. The highest BCUT2D eigenvalue weighted by Crippen LogP contribution is 2.44. The van der Waals surface area contributed by atoms with Gasteiger partial charge in [0.05, 0.1) is 18.2 Å². The number of nitrogens with one attached hydrogen (secondary N) is 1. The van der Waals surface area contributed by atoms with Crippen LogP contribution in [0.5, 0.6) is 0 Å². The fourth-order valence-corrected chi connectivity index (χ4v) is 4.75. The number of hydrogen-bond donors (Lipinski definition) is 1. The lowest BCUT2D eigenvalue weighted by molar-refractivity contribution is -0.148. The van der Waals surface area contributed by atoms with Crippen LogP contribution < -0.4 is 5.32 Å². The molecule has 0 unspecified atom stereocenters. The number of esters is 1. The molecule has 0 radical (unpaired) electrons. The quantitative estimate of drug-likeness (QED) is 0.199. The van der Waals surface area contributed by atoms with Crippen LogP contribution in [0.4, 0.5) is 4.79 Å². The molecule has 12 heteroatoms. The van der Waals surface area contributed by atoms with Crippen molar-refractivity contribution in [2.45, 2.75) is 46.8 Å². The summed E-state index contributed by atoms with van der Waals surface area (Å²) in [4.78, 5) is 39.6. The zero-order chi connectivity index (χ0) is 29.5. The Morgan fingerprint density at radius 1 is 0.975 bits per heavy atom. The average molecular weight is 745 g/mol. The van der Waals surface area contributed by atoms with Crippen molar-refractivity contribution in [1.82, 2.24) is 10.2 Å². The van der Waals surface area contributed by atoms with Crippen LogP contribution in [0.3, 0.4) is 0 Å². The van der Waals surface area contributed by atoms with Crippen LogP contribution in [-0.2, 0) is 23.8 Å². The fraction of sp³-hybridized carbons (Fsp3) is 0.464. The second-order valence-electron chi connectivity index (χ2n) is 10.5. The van der Waals surface area contributed by atoms with E-state index in [1.165, 1.54) is 4.90 Å². The lowest BCUT2D eigenvalue weighted by atomic mass is 9.98. The van der Waals surface area contributed by atoms with Gasteiger partial charge in [-0.2, -0.15) is 0 Å². The third-order valence-electron chi connectivity index (χ3n) is 6.20. The smallest absolute Gasteiger partial charge is 0.407 e. The second-order valence-corrected chi connectivity index (χ2v) is 17.7. The molecule has 0 saturated carbocycles. The number of benzene rings is 2. The molecule has 216 valence electrons. The SMILES string of the molecule is BCC(=O)N(CC(=O)OCC(Br)(Br)Br)C[C@H](COC(C)(C)C)NC(=O)OCC1c2ccccc2-c2ccccc21. The van der Waals surface area contributed by atoms with E-state index in [-0.39, 0.29) is 51.1 Å². The number of rotatable bonds is 11. The van der Waals surface area contributed by atoms with Gasteiger partial charge in [0.15, 0.2) is 2.14 Å². The minimum atomic E-state index is -0.753. The van der Waals surface area contributed by atoms with Gasteiger partial charge in [-0.3, -0.25) is 9.59 Å². The zero-order valence-electron chi connectivity index (χ0n) is 23.0. The van der Waals surface area contributed by atoms with Crippen molar-refractivity contribution in [3.05, 3.63) is 59.7 Å². The molecule has 8 nitrogen and oxygen atoms in total. The summed E-state index contributed by atoms with van der Waals surface area (Å²) in [7, 11) is 1.71. The molecule has 0 aromatic heterocycles. The molecule has 3 rings (SSSR count). The summed E-state index contributed by atoms with van der Waals surface area (Å²) in [5.74, 6) is -0.920. The van der Waals surface area contributed by atoms with Gasteiger partial charge in [0.2, 0.25) is 5.91 Å². The Morgan fingerprint density at radius 2 is 1.55 bits per heavy atom. The van der Waals surface area contributed by atoms with Gasteiger partial charge in [-0.15, -0.1) is 0 Å². The molecule has 2 aromatic carbocycles. The molecule has 1 N–H and O–H groups in total. The van der Waals surface area contributed by atoms with Crippen LogP contribution in [0.1, 0.15) is 37.8 Å². The van der Waals surface area contributed by atoms with Gasteiger partial charge >= 0.3 is 12.1 Å². The van der Waals surface area contributed by atoms with Crippen LogP contribution in [0, 0.1) is 0 Å². The van der Waals surface area contributed by atoms with Crippen molar-refractivity contribution >= 4 is 73.6 Å². The molecular weight excluding hydrogens is 711 g/mol. The molecule has 40 heavy (non-hydrogen) atoms. The maximum Gasteiger partial charge on any atom is 0.407 e. The van der Waals surface area contributed by atoms with E-state index in [1.54, 1.807) is 7.85 Å². The standard InChI is InChI=1S/C28H34BBr3N2O6/c1-27(2,3)40-15-18(13-34(24(35)12-29)14-25(36)39-17-28(30,31)32)33-26(37)38-16-23-21-10-6-4-8-19(21)20-9-5-7-11-22(20)23/h4-11,18,23H,12-17,29H2,1-3H3,(H,33,37)/t18-/m1/s1. The van der Waals surface area contributed by atoms with Crippen molar-refractivity contribution < 1.29 is 28.6 Å². The summed E-state index contributed by atoms with van der Waals surface area (Å²) in [5.41, 5.74) is 4.02. The third-order valence-corrected chi connectivity index (χ3v) is 6.88. The lowest BCUT2D eigenvalue weighted by Crippen LogP contribution is -2.50. The van der Waals surface area contributed by atoms with Gasteiger partial charge in [-0.25, -0.2) is 4.79 Å². The maximum atomic E-state index is 13.0. The van der Waals surface area contributed by atoms with Crippen molar-refractivity contribution in [3.63, 3.8) is 0 Å². The molecule has 2 amide bonds. The van der Waals surface area contributed by atoms with E-state index in [0.29, 0.717) is 0 Å². The number of hydrogen-bond acceptors (Lipinski definition) is 6. The van der Waals surface area contributed by atoms with E-state index in [9.17, 15) is 14.4 Å². The van der Waals surface area contributed by atoms with Crippen molar-refractivity contribution in [2.24, 2.45) is 0 Å². The molecule has 1 aliphatic carbocycles. The Kier molecular flexibility index (Phi) is 11.7. The van der Waals surface area contributed by atoms with Gasteiger partial charge in [0.25, 0.3) is 0 Å². The highest BCUT2D eigenvalue weighted by molar-refractivity contribution is 9.39. The van der Waals surface area contributed by atoms with E-state index in [2.05, 4.69) is 77.4 Å². The van der Waals surface area contributed by atoms with Gasteiger partial charge in [-0.1, -0.05) is 96.3 Å². The molecule has 0 fully saturated rings. The van der Waals surface area contributed by atoms with Crippen LogP contribution >= 0.6 is 47.8 Å². The van der Waals surface area contributed by atoms with E-state index >= 15 is 0 Å². The summed E-state index contributed by atoms with van der Waals surface area (Å²) in [6.45, 7) is 5.74. The van der Waals surface area contributed by atoms with E-state index in [1.807, 2.05) is 45.0 Å². The highest BCUT2D eigenvalue weighted by atomic mass is 80.0. The normalized spacial score (nSPS) is 13.7. The first-order valence-electron chi connectivity index (χ1n) is 13.0. The number of alkyl halides is 3. The van der Waals surface area contributed by atoms with Gasteiger partial charge in [0, 0.05) is 12.5 Å². The van der Waals surface area contributed by atoms with Crippen molar-refractivity contribution in [3.8, 4) is 11.1 Å². The summed E-state index contributed by atoms with van der Waals surface area (Å²) >= 11 is 9.83. The summed E-state index contributed by atoms with van der Waals surface area (Å²) in [5, 5.41) is 2.85. The zero-order valence-corrected chi connectivity index (χ0v) is 27.8. The number of carbonyl (C=O) groups excluding carboxylic acids is 3. The molecule has 1 aliphatic rings. The minimum absolute atomic E-state index is 0.00540. The first-order valence-corrected chi connectivity index (χ1v) is 15.4. The molecule has 1 atom stereocenters. The maximum absolute atomic E-state index is 13.0. The summed E-state index contributed by atoms with van der Waals surface area (Å²) in [6.07, 6.45) is -0.442. The average Bonchev–Trinajstić information content (AvgIpc) is 3.21. The Hall–Kier alpha value is -1.89. The molecule has 0 spiro atoms. The largest absolute Gasteiger partial charge is 0.461 e. The number of alkyl carbamates (subject to hydrolysis) is 1. The summed E-state index contributed by atoms with van der Waals surface area (Å²) < 4.78 is 16.1. The Balaban J connectivity index is 1.68. The van der Waals surface area contributed by atoms with E-state index in [4.69, 9.17) is 14.2 Å². The van der Waals surface area contributed by atoms with Crippen LogP contribution in [0.15, 0.2) is 48.5 Å². The van der Waals surface area contributed by atoms with E-state index < -0.39 is 25.8 Å². The predicted molar refractivity (Wildman–Crippen MR) is 168 cm³/mol. The molecule has 2 aromatic rings. The highest BCUT2D eigenvalue weighted by Gasteiger charge is 2.30. The Bertz CT molecular complexity index is 1160. The topological polar surface area (TPSA) is 94.2 Å². The van der Waals surface area contributed by atoms with Gasteiger partial charge in [0.1, 0.15) is 27.6 Å². The van der Waals surface area contributed by atoms with Crippen molar-refractivity contribution in [1.29, 1.82) is 0 Å². The molecule has 0 saturated heterocycles. The van der Waals surface area contributed by atoms with E-state index in [0.717, 1.165) is 22.3 Å². The molecular formula is C28H34BBr3N2O6. The fourth-order valence-electron chi connectivity index (χ4n) is 4.41. The van der Waals surface area contributed by atoms with Crippen molar-refractivity contribution in [2.75, 3.05) is 32.9 Å². The number of amides is 2.